The summed E-state index contributed by atoms with van der Waals surface area (Å²) in [6.07, 6.45) is 0. The molecule has 25 heavy (non-hydrogen) atoms. The first-order valence-electron chi connectivity index (χ1n) is 6.80. The maximum Gasteiger partial charge on any atom is 0.340 e. The molecule has 0 aliphatic heterocycles. The molecule has 0 saturated heterocycles. The number of halogens is 5. The van der Waals surface area contributed by atoms with Crippen molar-refractivity contribution >= 4 is 46.7 Å². The van der Waals surface area contributed by atoms with Gasteiger partial charge in [-0.3, -0.25) is 4.79 Å². The second-order valence-electron chi connectivity index (χ2n) is 4.83. The summed E-state index contributed by atoms with van der Waals surface area (Å²) < 4.78 is 30.8. The van der Waals surface area contributed by atoms with Crippen LogP contribution in [0.4, 0.5) is 8.78 Å². The Morgan fingerprint density at radius 1 is 1.00 bits per heavy atom. The zero-order valence-electron chi connectivity index (χ0n) is 12.4. The summed E-state index contributed by atoms with van der Waals surface area (Å²) >= 11 is 17.4. The Morgan fingerprint density at radius 2 is 1.68 bits per heavy atom. The van der Waals surface area contributed by atoms with Crippen LogP contribution in [-0.4, -0.2) is 18.5 Å². The van der Waals surface area contributed by atoms with Gasteiger partial charge < -0.3 is 10.1 Å². The van der Waals surface area contributed by atoms with Gasteiger partial charge in [-0.1, -0.05) is 40.9 Å². The molecule has 0 fully saturated rings. The molecular weight excluding hydrogens is 399 g/mol. The molecule has 0 aromatic heterocycles. The smallest absolute Gasteiger partial charge is 0.340 e. The number of amides is 1. The van der Waals surface area contributed by atoms with Gasteiger partial charge in [-0.15, -0.1) is 0 Å². The highest BCUT2D eigenvalue weighted by Crippen LogP contribution is 2.21. The summed E-state index contributed by atoms with van der Waals surface area (Å²) in [5, 5.41) is 3.00. The normalized spacial score (nSPS) is 10.4. The third-order valence-electron chi connectivity index (χ3n) is 3.06. The van der Waals surface area contributed by atoms with Crippen molar-refractivity contribution in [3.8, 4) is 0 Å². The second kappa shape index (κ2) is 8.47. The Labute approximate surface area is 156 Å². The third kappa shape index (κ3) is 5.29. The number of hydrogen-bond acceptors (Lipinski definition) is 3. The van der Waals surface area contributed by atoms with Gasteiger partial charge in [0.1, 0.15) is 0 Å². The lowest BCUT2D eigenvalue weighted by molar-refractivity contribution is -0.124. The molecule has 132 valence electrons. The van der Waals surface area contributed by atoms with Crippen LogP contribution in [0.2, 0.25) is 15.1 Å². The summed E-state index contributed by atoms with van der Waals surface area (Å²) in [6, 6.07) is 6.02. The number of carbonyl (C=O) groups excluding carboxylic acids is 2. The fourth-order valence-corrected chi connectivity index (χ4v) is 2.50. The molecule has 2 rings (SSSR count). The van der Waals surface area contributed by atoms with Crippen molar-refractivity contribution in [1.29, 1.82) is 0 Å². The summed E-state index contributed by atoms with van der Waals surface area (Å²) in [7, 11) is 0. The Morgan fingerprint density at radius 3 is 2.36 bits per heavy atom. The number of hydrogen-bond donors (Lipinski definition) is 1. The third-order valence-corrected chi connectivity index (χ3v) is 3.96. The largest absolute Gasteiger partial charge is 0.452 e. The lowest BCUT2D eigenvalue weighted by Crippen LogP contribution is -2.28. The van der Waals surface area contributed by atoms with E-state index in [1.165, 1.54) is 6.07 Å². The molecule has 0 bridgehead atoms. The van der Waals surface area contributed by atoms with Gasteiger partial charge in [-0.05, 0) is 29.8 Å². The number of rotatable bonds is 5. The van der Waals surface area contributed by atoms with Crippen LogP contribution in [0.3, 0.4) is 0 Å². The van der Waals surface area contributed by atoms with E-state index in [2.05, 4.69) is 5.32 Å². The number of benzene rings is 2. The molecule has 0 heterocycles. The number of carbonyl (C=O) groups is 2. The Hall–Kier alpha value is -1.89. The summed E-state index contributed by atoms with van der Waals surface area (Å²) in [6.45, 7) is -0.530. The molecule has 2 aromatic carbocycles. The summed E-state index contributed by atoms with van der Waals surface area (Å²) in [5.41, 5.74) is 0.239. The van der Waals surface area contributed by atoms with Crippen molar-refractivity contribution < 1.29 is 23.1 Å². The van der Waals surface area contributed by atoms with Gasteiger partial charge in [-0.2, -0.15) is 0 Å². The highest BCUT2D eigenvalue weighted by Gasteiger charge is 2.17. The maximum atomic E-state index is 13.2. The lowest BCUT2D eigenvalue weighted by Gasteiger charge is -2.09. The Bertz CT molecular complexity index is 831. The molecule has 1 amide bonds. The molecule has 4 nitrogen and oxygen atoms in total. The van der Waals surface area contributed by atoms with Gasteiger partial charge in [-0.25, -0.2) is 13.6 Å². The van der Waals surface area contributed by atoms with Crippen LogP contribution in [0.15, 0.2) is 30.3 Å². The van der Waals surface area contributed by atoms with E-state index in [1.807, 2.05) is 0 Å². The van der Waals surface area contributed by atoms with E-state index in [-0.39, 0.29) is 17.1 Å². The molecule has 2 aromatic rings. The van der Waals surface area contributed by atoms with Crippen molar-refractivity contribution in [3.63, 3.8) is 0 Å². The van der Waals surface area contributed by atoms with Gasteiger partial charge in [0, 0.05) is 16.6 Å². The molecule has 0 aliphatic rings. The highest BCUT2D eigenvalue weighted by molar-refractivity contribution is 6.35. The van der Waals surface area contributed by atoms with Gasteiger partial charge >= 0.3 is 5.97 Å². The van der Waals surface area contributed by atoms with Crippen LogP contribution >= 0.6 is 34.8 Å². The van der Waals surface area contributed by atoms with Gasteiger partial charge in [0.15, 0.2) is 18.2 Å². The van der Waals surface area contributed by atoms with Crippen LogP contribution in [0.1, 0.15) is 15.9 Å². The van der Waals surface area contributed by atoms with E-state index in [1.54, 1.807) is 12.1 Å². The first kappa shape index (κ1) is 19.4. The lowest BCUT2D eigenvalue weighted by atomic mass is 10.2. The van der Waals surface area contributed by atoms with E-state index in [0.29, 0.717) is 27.7 Å². The molecule has 0 radical (unpaired) electrons. The minimum atomic E-state index is -1.25. The van der Waals surface area contributed by atoms with Gasteiger partial charge in [0.2, 0.25) is 0 Å². The van der Waals surface area contributed by atoms with E-state index in [4.69, 9.17) is 39.5 Å². The molecule has 0 atom stereocenters. The van der Waals surface area contributed by atoms with Crippen LogP contribution in [0.5, 0.6) is 0 Å². The average molecular weight is 409 g/mol. The van der Waals surface area contributed by atoms with Crippen molar-refractivity contribution in [1.82, 2.24) is 5.32 Å². The van der Waals surface area contributed by atoms with Crippen molar-refractivity contribution in [2.75, 3.05) is 6.61 Å². The SMILES string of the molecule is O=C(COC(=O)c1cc(F)c(F)cc1Cl)NCc1ccc(Cl)cc1Cl. The predicted octanol–water partition coefficient (Wildman–Crippen LogP) is 4.40. The fourth-order valence-electron chi connectivity index (χ4n) is 1.80. The topological polar surface area (TPSA) is 55.4 Å². The quantitative estimate of drug-likeness (QED) is 0.589. The number of esters is 1. The van der Waals surface area contributed by atoms with Gasteiger partial charge in [0.25, 0.3) is 5.91 Å². The Balaban J connectivity index is 1.89. The van der Waals surface area contributed by atoms with E-state index in [0.717, 1.165) is 0 Å². The molecule has 0 saturated carbocycles. The van der Waals surface area contributed by atoms with Crippen molar-refractivity contribution in [2.24, 2.45) is 0 Å². The van der Waals surface area contributed by atoms with Crippen LogP contribution in [-0.2, 0) is 16.1 Å². The van der Waals surface area contributed by atoms with Crippen LogP contribution in [0, 0.1) is 11.6 Å². The van der Waals surface area contributed by atoms with Crippen molar-refractivity contribution in [3.05, 3.63) is 68.2 Å². The number of ether oxygens (including phenoxy) is 1. The molecular formula is C16H10Cl3F2NO3. The minimum absolute atomic E-state index is 0.0956. The maximum absolute atomic E-state index is 13.2. The summed E-state index contributed by atoms with van der Waals surface area (Å²) in [4.78, 5) is 23.5. The average Bonchev–Trinajstić information content (AvgIpc) is 2.55. The monoisotopic (exact) mass is 407 g/mol. The zero-order valence-corrected chi connectivity index (χ0v) is 14.7. The summed E-state index contributed by atoms with van der Waals surface area (Å²) in [5.74, 6) is -4.11. The molecule has 0 aliphatic carbocycles. The Kier molecular flexibility index (Phi) is 6.58. The zero-order chi connectivity index (χ0) is 18.6. The first-order valence-corrected chi connectivity index (χ1v) is 7.93. The number of nitrogens with one attached hydrogen (secondary N) is 1. The van der Waals surface area contributed by atoms with E-state index < -0.39 is 30.1 Å². The van der Waals surface area contributed by atoms with E-state index >= 15 is 0 Å². The minimum Gasteiger partial charge on any atom is -0.452 e. The van der Waals surface area contributed by atoms with E-state index in [9.17, 15) is 18.4 Å². The second-order valence-corrected chi connectivity index (χ2v) is 6.09. The van der Waals surface area contributed by atoms with Crippen molar-refractivity contribution in [2.45, 2.75) is 6.54 Å². The van der Waals surface area contributed by atoms with Crippen LogP contribution in [0.25, 0.3) is 0 Å². The molecule has 0 unspecified atom stereocenters. The highest BCUT2D eigenvalue weighted by atomic mass is 35.5. The standard InChI is InChI=1S/C16H10Cl3F2NO3/c17-9-2-1-8(11(18)3-9)6-22-15(23)7-25-16(24)10-4-13(20)14(21)5-12(10)19/h1-5H,6-7H2,(H,22,23). The first-order chi connectivity index (χ1) is 11.8. The fraction of sp³-hybridized carbons (Fsp3) is 0.125. The van der Waals surface area contributed by atoms with Gasteiger partial charge in [0.05, 0.1) is 10.6 Å². The molecule has 1 N–H and O–H groups in total. The molecule has 9 heteroatoms. The van der Waals surface area contributed by atoms with Crippen LogP contribution < -0.4 is 5.32 Å². The predicted molar refractivity (Wildman–Crippen MR) is 90.0 cm³/mol. The molecule has 0 spiro atoms.